The first-order valence-corrected chi connectivity index (χ1v) is 11.5. The number of hydrogen-bond acceptors (Lipinski definition) is 4. The fraction of sp³-hybridized carbons (Fsp3) is 0.269. The fourth-order valence-corrected chi connectivity index (χ4v) is 4.30. The second-order valence-corrected chi connectivity index (χ2v) is 8.54. The predicted molar refractivity (Wildman–Crippen MR) is 130 cm³/mol. The normalized spacial score (nSPS) is 13.4. The van der Waals surface area contributed by atoms with Gasteiger partial charge in [-0.3, -0.25) is 19.1 Å². The lowest BCUT2D eigenvalue weighted by Crippen LogP contribution is -2.42. The molecule has 0 unspecified atom stereocenters. The summed E-state index contributed by atoms with van der Waals surface area (Å²) in [5, 5.41) is 0. The molecule has 0 bridgehead atoms. The Morgan fingerprint density at radius 2 is 1.77 bits per heavy atom. The molecule has 0 saturated heterocycles. The summed E-state index contributed by atoms with van der Waals surface area (Å²) < 4.78 is 28.9. The third kappa shape index (κ3) is 5.56. The molecular weight excluding hydrogens is 454 g/mol. The van der Waals surface area contributed by atoms with Gasteiger partial charge in [0.1, 0.15) is 17.5 Å². The highest BCUT2D eigenvalue weighted by Crippen LogP contribution is 2.25. The molecule has 0 radical (unpaired) electrons. The van der Waals surface area contributed by atoms with Crippen molar-refractivity contribution in [2.75, 3.05) is 17.2 Å². The van der Waals surface area contributed by atoms with Crippen LogP contribution < -0.4 is 21.9 Å². The van der Waals surface area contributed by atoms with Gasteiger partial charge in [-0.15, -0.1) is 0 Å². The summed E-state index contributed by atoms with van der Waals surface area (Å²) in [6.45, 7) is 0.122. The number of benzene rings is 2. The molecule has 0 atom stereocenters. The molecule has 1 aliphatic rings. The van der Waals surface area contributed by atoms with Gasteiger partial charge in [-0.25, -0.2) is 13.6 Å². The molecular formula is C26H26F2N4O3. The summed E-state index contributed by atoms with van der Waals surface area (Å²) in [7, 11) is 0. The first-order valence-electron chi connectivity index (χ1n) is 11.5. The number of aromatic amines is 1. The number of anilines is 2. The van der Waals surface area contributed by atoms with Gasteiger partial charge in [0.25, 0.3) is 11.5 Å². The Morgan fingerprint density at radius 3 is 2.43 bits per heavy atom. The van der Waals surface area contributed by atoms with Crippen molar-refractivity contribution in [3.63, 3.8) is 0 Å². The Bertz CT molecular complexity index is 1360. The number of nitrogens with two attached hydrogens (primary N) is 1. The Morgan fingerprint density at radius 1 is 1.06 bits per heavy atom. The van der Waals surface area contributed by atoms with Gasteiger partial charge < -0.3 is 10.6 Å². The topological polar surface area (TPSA) is 101 Å². The largest absolute Gasteiger partial charge is 0.383 e. The minimum Gasteiger partial charge on any atom is -0.383 e. The second kappa shape index (κ2) is 10.5. The van der Waals surface area contributed by atoms with E-state index in [1.807, 2.05) is 6.07 Å². The summed E-state index contributed by atoms with van der Waals surface area (Å²) in [4.78, 5) is 42.3. The lowest BCUT2D eigenvalue weighted by Gasteiger charge is -2.26. The molecule has 1 aromatic heterocycles. The van der Waals surface area contributed by atoms with E-state index in [1.165, 1.54) is 4.57 Å². The molecule has 35 heavy (non-hydrogen) atoms. The second-order valence-electron chi connectivity index (χ2n) is 8.54. The number of rotatable bonds is 7. The lowest BCUT2D eigenvalue weighted by atomic mass is 9.97. The molecule has 0 spiro atoms. The van der Waals surface area contributed by atoms with Crippen molar-refractivity contribution >= 4 is 17.4 Å². The molecule has 0 saturated carbocycles. The Hall–Kier alpha value is -4.01. The predicted octanol–water partition coefficient (Wildman–Crippen LogP) is 3.98. The molecule has 3 aromatic rings. The molecule has 1 aliphatic carbocycles. The number of carbonyl (C=O) groups is 1. The van der Waals surface area contributed by atoms with Crippen LogP contribution in [0.3, 0.4) is 0 Å². The molecule has 7 nitrogen and oxygen atoms in total. The van der Waals surface area contributed by atoms with Crippen molar-refractivity contribution in [3.05, 3.63) is 104 Å². The fourth-order valence-electron chi connectivity index (χ4n) is 4.30. The summed E-state index contributed by atoms with van der Waals surface area (Å²) in [6.07, 6.45) is 6.49. The van der Waals surface area contributed by atoms with Crippen LogP contribution in [0.4, 0.5) is 20.3 Å². The van der Waals surface area contributed by atoms with E-state index in [9.17, 15) is 23.2 Å². The first kappa shape index (κ1) is 24.1. The number of halogens is 2. The zero-order valence-electron chi connectivity index (χ0n) is 19.1. The molecule has 182 valence electrons. The minimum absolute atomic E-state index is 0.0552. The van der Waals surface area contributed by atoms with Crippen LogP contribution in [-0.4, -0.2) is 22.0 Å². The monoisotopic (exact) mass is 480 g/mol. The van der Waals surface area contributed by atoms with Crippen LogP contribution in [0.15, 0.2) is 69.8 Å². The number of amides is 1. The van der Waals surface area contributed by atoms with Gasteiger partial charge in [-0.1, -0.05) is 42.0 Å². The van der Waals surface area contributed by atoms with E-state index in [2.05, 4.69) is 11.1 Å². The van der Waals surface area contributed by atoms with Crippen LogP contribution in [-0.2, 0) is 6.54 Å². The quantitative estimate of drug-likeness (QED) is 0.500. The Labute approximate surface area is 200 Å². The van der Waals surface area contributed by atoms with Gasteiger partial charge >= 0.3 is 5.69 Å². The standard InChI is InChI=1S/C26H26F2N4O3/c27-20-13-19(14-21(28)15-20)25(34)31(12-11-17-7-3-1-4-8-17)22-23(29)32(26(35)30-24(22)33)16-18-9-5-2-6-10-18/h2,5-7,9-10,13-15H,1,3-4,8,11-12,16,29H2,(H,30,33,35). The van der Waals surface area contributed by atoms with Crippen LogP contribution >= 0.6 is 0 Å². The summed E-state index contributed by atoms with van der Waals surface area (Å²) in [6, 6.07) is 11.5. The summed E-state index contributed by atoms with van der Waals surface area (Å²) in [5.74, 6) is -2.83. The molecule has 4 rings (SSSR count). The highest BCUT2D eigenvalue weighted by Gasteiger charge is 2.26. The molecule has 0 aliphatic heterocycles. The van der Waals surface area contributed by atoms with E-state index in [-0.39, 0.29) is 30.2 Å². The van der Waals surface area contributed by atoms with Crippen molar-refractivity contribution < 1.29 is 13.6 Å². The van der Waals surface area contributed by atoms with Crippen LogP contribution in [0.2, 0.25) is 0 Å². The van der Waals surface area contributed by atoms with Crippen molar-refractivity contribution in [2.24, 2.45) is 0 Å². The maximum absolute atomic E-state index is 13.9. The highest BCUT2D eigenvalue weighted by molar-refractivity contribution is 6.07. The van der Waals surface area contributed by atoms with Crippen molar-refractivity contribution in [1.29, 1.82) is 0 Å². The molecule has 3 N–H and O–H groups in total. The molecule has 1 heterocycles. The molecule has 0 fully saturated rings. The molecule has 9 heteroatoms. The zero-order chi connectivity index (χ0) is 24.9. The van der Waals surface area contributed by atoms with Crippen LogP contribution in [0, 0.1) is 11.6 Å². The number of nitrogens with zero attached hydrogens (tertiary/aromatic N) is 2. The van der Waals surface area contributed by atoms with E-state index >= 15 is 0 Å². The van der Waals surface area contributed by atoms with Gasteiger partial charge in [0.2, 0.25) is 0 Å². The first-order chi connectivity index (χ1) is 16.8. The van der Waals surface area contributed by atoms with Crippen LogP contribution in [0.25, 0.3) is 0 Å². The van der Waals surface area contributed by atoms with Gasteiger partial charge in [0, 0.05) is 18.2 Å². The average Bonchev–Trinajstić information content (AvgIpc) is 2.84. The van der Waals surface area contributed by atoms with Crippen molar-refractivity contribution in [3.8, 4) is 0 Å². The number of hydrogen-bond donors (Lipinski definition) is 2. The smallest absolute Gasteiger partial charge is 0.330 e. The molecule has 1 amide bonds. The third-order valence-electron chi connectivity index (χ3n) is 6.06. The molecule has 2 aromatic carbocycles. The minimum atomic E-state index is -0.917. The lowest BCUT2D eigenvalue weighted by molar-refractivity contribution is 0.0986. The van der Waals surface area contributed by atoms with E-state index < -0.39 is 28.8 Å². The number of nitrogen functional groups attached to an aromatic ring is 1. The maximum Gasteiger partial charge on any atom is 0.330 e. The van der Waals surface area contributed by atoms with Gasteiger partial charge in [-0.05, 0) is 49.8 Å². The van der Waals surface area contributed by atoms with E-state index in [4.69, 9.17) is 5.73 Å². The van der Waals surface area contributed by atoms with Crippen molar-refractivity contribution in [2.45, 2.75) is 38.6 Å². The SMILES string of the molecule is Nc1c(N(CCC2=CCCCC2)C(=O)c2cc(F)cc(F)c2)c(=O)[nH]c(=O)n1Cc1ccccc1. The number of aromatic nitrogens is 2. The maximum atomic E-state index is 13.9. The summed E-state index contributed by atoms with van der Waals surface area (Å²) in [5.41, 5.74) is 6.13. The average molecular weight is 481 g/mol. The number of nitrogens with one attached hydrogen (secondary N) is 1. The highest BCUT2D eigenvalue weighted by atomic mass is 19.1. The zero-order valence-corrected chi connectivity index (χ0v) is 19.1. The van der Waals surface area contributed by atoms with Gasteiger partial charge in [0.15, 0.2) is 5.69 Å². The number of carbonyl (C=O) groups excluding carboxylic acids is 1. The van der Waals surface area contributed by atoms with Crippen LogP contribution in [0.5, 0.6) is 0 Å². The van der Waals surface area contributed by atoms with Crippen molar-refractivity contribution in [1.82, 2.24) is 9.55 Å². The summed E-state index contributed by atoms with van der Waals surface area (Å²) >= 11 is 0. The van der Waals surface area contributed by atoms with E-state index in [0.717, 1.165) is 53.9 Å². The van der Waals surface area contributed by atoms with Gasteiger partial charge in [-0.2, -0.15) is 0 Å². The number of H-pyrrole nitrogens is 1. The Kier molecular flexibility index (Phi) is 7.24. The van der Waals surface area contributed by atoms with Gasteiger partial charge in [0.05, 0.1) is 6.54 Å². The van der Waals surface area contributed by atoms with E-state index in [0.29, 0.717) is 12.5 Å². The third-order valence-corrected chi connectivity index (χ3v) is 6.06. The van der Waals surface area contributed by atoms with Crippen LogP contribution in [0.1, 0.15) is 48.0 Å². The Balaban J connectivity index is 1.79. The van der Waals surface area contributed by atoms with E-state index in [1.54, 1.807) is 24.3 Å². The number of allylic oxidation sites excluding steroid dienone is 1.